The van der Waals surface area contributed by atoms with Crippen LogP contribution in [-0.4, -0.2) is 77.7 Å². The summed E-state index contributed by atoms with van der Waals surface area (Å²) in [5, 5.41) is 19.0. The van der Waals surface area contributed by atoms with Gasteiger partial charge in [-0.25, -0.2) is 15.0 Å². The second-order valence-corrected chi connectivity index (χ2v) is 8.49. The highest BCUT2D eigenvalue weighted by Crippen LogP contribution is 2.25. The van der Waals surface area contributed by atoms with E-state index in [0.717, 1.165) is 18.0 Å². The Hall–Kier alpha value is -2.72. The lowest BCUT2D eigenvalue weighted by molar-refractivity contribution is -0.131. The molecule has 1 fully saturated rings. The number of nitrogens with zero attached hydrogens (tertiary/aromatic N) is 5. The second kappa shape index (κ2) is 11.1. The average Bonchev–Trinajstić information content (AvgIpc) is 3.34. The van der Waals surface area contributed by atoms with Crippen LogP contribution in [0.15, 0.2) is 41.0 Å². The van der Waals surface area contributed by atoms with Crippen LogP contribution in [0.4, 0.5) is 5.95 Å². The number of guanidine groups is 1. The van der Waals surface area contributed by atoms with Crippen molar-refractivity contribution in [3.8, 4) is 0 Å². The number of nitrogens with one attached hydrogen (secondary N) is 2. The number of aliphatic hydroxyl groups is 1. The first-order valence-electron chi connectivity index (χ1n) is 10.6. The Morgan fingerprint density at radius 3 is 2.61 bits per heavy atom. The van der Waals surface area contributed by atoms with E-state index in [2.05, 4.69) is 30.5 Å². The van der Waals surface area contributed by atoms with Crippen molar-refractivity contribution in [1.82, 2.24) is 25.5 Å². The van der Waals surface area contributed by atoms with E-state index in [4.69, 9.17) is 0 Å². The maximum Gasteiger partial charge on any atom is 0.225 e. The van der Waals surface area contributed by atoms with Gasteiger partial charge in [-0.3, -0.25) is 4.79 Å². The number of aliphatic imine (C=N–C) groups is 1. The molecule has 1 amide bonds. The van der Waals surface area contributed by atoms with Crippen LogP contribution >= 0.6 is 11.3 Å². The molecular formula is C21H31N7O2S. The van der Waals surface area contributed by atoms with Crippen molar-refractivity contribution < 1.29 is 9.90 Å². The SMILES string of the molecule is CCNC(=NCC(C)(O)c1cccs1)NCCC(=O)N1CCN(c2ncccn2)CC1. The summed E-state index contributed by atoms with van der Waals surface area (Å²) >= 11 is 1.51. The lowest BCUT2D eigenvalue weighted by Crippen LogP contribution is -2.50. The lowest BCUT2D eigenvalue weighted by atomic mass is 10.1. The summed E-state index contributed by atoms with van der Waals surface area (Å²) in [4.78, 5) is 30.5. The van der Waals surface area contributed by atoms with E-state index in [1.165, 1.54) is 11.3 Å². The van der Waals surface area contributed by atoms with Gasteiger partial charge in [0.2, 0.25) is 11.9 Å². The highest BCUT2D eigenvalue weighted by molar-refractivity contribution is 7.10. The lowest BCUT2D eigenvalue weighted by Gasteiger charge is -2.34. The molecule has 10 heteroatoms. The zero-order valence-electron chi connectivity index (χ0n) is 18.1. The Morgan fingerprint density at radius 2 is 1.97 bits per heavy atom. The molecule has 1 aliphatic heterocycles. The van der Waals surface area contributed by atoms with Crippen molar-refractivity contribution in [3.05, 3.63) is 40.8 Å². The van der Waals surface area contributed by atoms with Crippen molar-refractivity contribution in [2.24, 2.45) is 4.99 Å². The summed E-state index contributed by atoms with van der Waals surface area (Å²) in [5.74, 6) is 1.42. The van der Waals surface area contributed by atoms with Gasteiger partial charge in [-0.1, -0.05) is 6.07 Å². The van der Waals surface area contributed by atoms with Crippen LogP contribution in [0, 0.1) is 0 Å². The molecule has 2 aromatic heterocycles. The van der Waals surface area contributed by atoms with E-state index >= 15 is 0 Å². The number of aromatic nitrogens is 2. The van der Waals surface area contributed by atoms with E-state index in [9.17, 15) is 9.90 Å². The predicted molar refractivity (Wildman–Crippen MR) is 123 cm³/mol. The van der Waals surface area contributed by atoms with Crippen molar-refractivity contribution in [2.45, 2.75) is 25.9 Å². The fraction of sp³-hybridized carbons (Fsp3) is 0.524. The Kier molecular flexibility index (Phi) is 8.19. The number of anilines is 1. The summed E-state index contributed by atoms with van der Waals surface area (Å²) in [6, 6.07) is 5.62. The van der Waals surface area contributed by atoms with Crippen LogP contribution in [0.1, 0.15) is 25.1 Å². The Bertz CT molecular complexity index is 835. The molecule has 0 aromatic carbocycles. The summed E-state index contributed by atoms with van der Waals surface area (Å²) in [5.41, 5.74) is -1.02. The van der Waals surface area contributed by atoms with Crippen molar-refractivity contribution in [3.63, 3.8) is 0 Å². The highest BCUT2D eigenvalue weighted by Gasteiger charge is 2.24. The molecule has 1 unspecified atom stereocenters. The van der Waals surface area contributed by atoms with Crippen LogP contribution < -0.4 is 15.5 Å². The number of thiophene rings is 1. The van der Waals surface area contributed by atoms with Crippen LogP contribution in [-0.2, 0) is 10.4 Å². The number of piperazine rings is 1. The molecule has 0 saturated carbocycles. The highest BCUT2D eigenvalue weighted by atomic mass is 32.1. The first-order chi connectivity index (χ1) is 15.0. The average molecular weight is 446 g/mol. The van der Waals surface area contributed by atoms with Gasteiger partial charge in [0.1, 0.15) is 5.60 Å². The monoisotopic (exact) mass is 445 g/mol. The molecule has 1 saturated heterocycles. The quantitative estimate of drug-likeness (QED) is 0.412. The van der Waals surface area contributed by atoms with Gasteiger partial charge in [-0.05, 0) is 31.4 Å². The molecule has 31 heavy (non-hydrogen) atoms. The van der Waals surface area contributed by atoms with Gasteiger partial charge >= 0.3 is 0 Å². The smallest absolute Gasteiger partial charge is 0.225 e. The maximum atomic E-state index is 12.6. The van der Waals surface area contributed by atoms with Crippen LogP contribution in [0.25, 0.3) is 0 Å². The normalized spacial score (nSPS) is 16.7. The van der Waals surface area contributed by atoms with Gasteiger partial charge < -0.3 is 25.5 Å². The van der Waals surface area contributed by atoms with Gasteiger partial charge in [0, 0.05) is 63.0 Å². The van der Waals surface area contributed by atoms with Gasteiger partial charge in [0.25, 0.3) is 0 Å². The molecular weight excluding hydrogens is 414 g/mol. The third kappa shape index (κ3) is 6.63. The Labute approximate surface area is 187 Å². The molecule has 0 aliphatic carbocycles. The number of carbonyl (C=O) groups is 1. The fourth-order valence-electron chi connectivity index (χ4n) is 3.29. The van der Waals surface area contributed by atoms with Gasteiger partial charge in [0.15, 0.2) is 5.96 Å². The third-order valence-corrected chi connectivity index (χ3v) is 6.16. The predicted octanol–water partition coefficient (Wildman–Crippen LogP) is 1.04. The van der Waals surface area contributed by atoms with Crippen molar-refractivity contribution in [2.75, 3.05) is 50.7 Å². The molecule has 2 aromatic rings. The molecule has 0 spiro atoms. The largest absolute Gasteiger partial charge is 0.383 e. The van der Waals surface area contributed by atoms with E-state index in [-0.39, 0.29) is 12.5 Å². The molecule has 0 radical (unpaired) electrons. The Balaban J connectivity index is 1.43. The van der Waals surface area contributed by atoms with E-state index in [0.29, 0.717) is 44.5 Å². The van der Waals surface area contributed by atoms with Gasteiger partial charge in [0.05, 0.1) is 6.54 Å². The summed E-state index contributed by atoms with van der Waals surface area (Å²) in [6.45, 7) is 7.93. The number of carbonyl (C=O) groups excluding carboxylic acids is 1. The zero-order chi connectivity index (χ0) is 22.1. The topological polar surface area (TPSA) is 106 Å². The summed E-state index contributed by atoms with van der Waals surface area (Å²) < 4.78 is 0. The molecule has 3 rings (SSSR count). The Morgan fingerprint density at radius 1 is 1.23 bits per heavy atom. The maximum absolute atomic E-state index is 12.6. The zero-order valence-corrected chi connectivity index (χ0v) is 18.9. The second-order valence-electron chi connectivity index (χ2n) is 7.54. The first kappa shape index (κ1) is 23.0. The van der Waals surface area contributed by atoms with Gasteiger partial charge in [-0.15, -0.1) is 11.3 Å². The first-order valence-corrected chi connectivity index (χ1v) is 11.5. The minimum absolute atomic E-state index is 0.113. The molecule has 9 nitrogen and oxygen atoms in total. The number of hydrogen-bond donors (Lipinski definition) is 3. The standard InChI is InChI=1S/C21H31N7O2S/c1-3-22-19(26-16-21(2,30)17-6-4-15-31-17)23-10-7-18(29)27-11-13-28(14-12-27)20-24-8-5-9-25-20/h4-6,8-9,15,30H,3,7,10-14,16H2,1-2H3,(H2,22,23,26). The van der Waals surface area contributed by atoms with Crippen molar-refractivity contribution in [1.29, 1.82) is 0 Å². The summed E-state index contributed by atoms with van der Waals surface area (Å²) in [6.07, 6.45) is 3.84. The molecule has 0 bridgehead atoms. The molecule has 3 heterocycles. The van der Waals surface area contributed by atoms with Crippen LogP contribution in [0.3, 0.4) is 0 Å². The molecule has 168 valence electrons. The fourth-order valence-corrected chi connectivity index (χ4v) is 4.07. The molecule has 1 atom stereocenters. The molecule has 3 N–H and O–H groups in total. The van der Waals surface area contributed by atoms with E-state index in [1.807, 2.05) is 29.3 Å². The molecule has 1 aliphatic rings. The number of amides is 1. The van der Waals surface area contributed by atoms with E-state index < -0.39 is 5.60 Å². The van der Waals surface area contributed by atoms with Gasteiger partial charge in [-0.2, -0.15) is 0 Å². The number of hydrogen-bond acceptors (Lipinski definition) is 7. The summed E-state index contributed by atoms with van der Waals surface area (Å²) in [7, 11) is 0. The third-order valence-electron chi connectivity index (χ3n) is 5.04. The van der Waals surface area contributed by atoms with Crippen molar-refractivity contribution >= 4 is 29.2 Å². The number of rotatable bonds is 8. The van der Waals surface area contributed by atoms with Crippen LogP contribution in [0.5, 0.6) is 0 Å². The minimum atomic E-state index is -1.02. The van der Waals surface area contributed by atoms with Crippen LogP contribution in [0.2, 0.25) is 0 Å². The van der Waals surface area contributed by atoms with E-state index in [1.54, 1.807) is 25.4 Å². The minimum Gasteiger partial charge on any atom is -0.383 e.